The van der Waals surface area contributed by atoms with Crippen molar-refractivity contribution < 1.29 is 4.79 Å². The Hall–Kier alpha value is -2.41. The zero-order chi connectivity index (χ0) is 14.1. The van der Waals surface area contributed by atoms with Gasteiger partial charge in [0.25, 0.3) is 5.91 Å². The van der Waals surface area contributed by atoms with Crippen molar-refractivity contribution in [3.63, 3.8) is 0 Å². The SMILES string of the molecule is Cn1nnc(CNC(=O)c2cc3ccc(Cl)cc3[nH]2)n1. The second kappa shape index (κ2) is 4.93. The minimum absolute atomic E-state index is 0.225. The van der Waals surface area contributed by atoms with Crippen molar-refractivity contribution in [2.45, 2.75) is 6.54 Å². The van der Waals surface area contributed by atoms with E-state index in [0.29, 0.717) is 16.5 Å². The van der Waals surface area contributed by atoms with Crippen molar-refractivity contribution in [3.05, 3.63) is 40.8 Å². The molecule has 0 atom stereocenters. The van der Waals surface area contributed by atoms with E-state index in [1.807, 2.05) is 6.07 Å². The Morgan fingerprint density at radius 1 is 1.45 bits per heavy atom. The highest BCUT2D eigenvalue weighted by atomic mass is 35.5. The minimum atomic E-state index is -0.232. The van der Waals surface area contributed by atoms with Crippen molar-refractivity contribution in [2.75, 3.05) is 0 Å². The van der Waals surface area contributed by atoms with Gasteiger partial charge in [-0.05, 0) is 23.4 Å². The predicted octanol–water partition coefficient (Wildman–Crippen LogP) is 1.27. The summed E-state index contributed by atoms with van der Waals surface area (Å²) in [6, 6.07) is 7.18. The van der Waals surface area contributed by atoms with Gasteiger partial charge in [0.2, 0.25) is 0 Å². The molecule has 2 N–H and O–H groups in total. The highest BCUT2D eigenvalue weighted by Crippen LogP contribution is 2.19. The van der Waals surface area contributed by atoms with E-state index < -0.39 is 0 Å². The lowest BCUT2D eigenvalue weighted by Crippen LogP contribution is -2.23. The number of H-pyrrole nitrogens is 1. The molecule has 0 aliphatic rings. The zero-order valence-electron chi connectivity index (χ0n) is 10.6. The second-order valence-electron chi connectivity index (χ2n) is 4.29. The van der Waals surface area contributed by atoms with Crippen LogP contribution in [-0.4, -0.2) is 31.1 Å². The maximum absolute atomic E-state index is 12.0. The van der Waals surface area contributed by atoms with Crippen molar-refractivity contribution in [1.29, 1.82) is 0 Å². The number of tetrazole rings is 1. The third-order valence-corrected chi connectivity index (χ3v) is 3.02. The van der Waals surface area contributed by atoms with Gasteiger partial charge in [0.15, 0.2) is 5.82 Å². The highest BCUT2D eigenvalue weighted by molar-refractivity contribution is 6.31. The van der Waals surface area contributed by atoms with Gasteiger partial charge < -0.3 is 10.3 Å². The Balaban J connectivity index is 1.75. The zero-order valence-corrected chi connectivity index (χ0v) is 11.3. The van der Waals surface area contributed by atoms with Crippen LogP contribution in [-0.2, 0) is 13.6 Å². The fraction of sp³-hybridized carbons (Fsp3) is 0.167. The Kier molecular flexibility index (Phi) is 3.11. The number of nitrogens with one attached hydrogen (secondary N) is 2. The molecule has 0 unspecified atom stereocenters. The monoisotopic (exact) mass is 290 g/mol. The Morgan fingerprint density at radius 2 is 2.30 bits per heavy atom. The summed E-state index contributed by atoms with van der Waals surface area (Å²) in [5, 5.41) is 15.7. The Labute approximate surface area is 118 Å². The van der Waals surface area contributed by atoms with Crippen LogP contribution in [0.5, 0.6) is 0 Å². The maximum Gasteiger partial charge on any atom is 0.268 e. The molecule has 0 aliphatic heterocycles. The largest absolute Gasteiger partial charge is 0.350 e. The van der Waals surface area contributed by atoms with E-state index in [2.05, 4.69) is 25.7 Å². The number of halogens is 1. The molecule has 0 saturated carbocycles. The van der Waals surface area contributed by atoms with Crippen molar-refractivity contribution in [2.24, 2.45) is 7.05 Å². The fourth-order valence-electron chi connectivity index (χ4n) is 1.87. The molecule has 102 valence electrons. The molecule has 20 heavy (non-hydrogen) atoms. The lowest BCUT2D eigenvalue weighted by atomic mass is 10.2. The molecule has 0 radical (unpaired) electrons. The molecule has 2 heterocycles. The van der Waals surface area contributed by atoms with Crippen LogP contribution in [0.2, 0.25) is 5.02 Å². The molecule has 7 nitrogen and oxygen atoms in total. The Morgan fingerprint density at radius 3 is 3.05 bits per heavy atom. The van der Waals surface area contributed by atoms with E-state index in [1.54, 1.807) is 25.2 Å². The topological polar surface area (TPSA) is 88.5 Å². The van der Waals surface area contributed by atoms with E-state index in [1.165, 1.54) is 4.80 Å². The molecule has 3 rings (SSSR count). The average Bonchev–Trinajstić information content (AvgIpc) is 3.01. The predicted molar refractivity (Wildman–Crippen MR) is 73.3 cm³/mol. The fourth-order valence-corrected chi connectivity index (χ4v) is 2.04. The number of nitrogens with zero attached hydrogens (tertiary/aromatic N) is 4. The molecule has 1 amide bonds. The summed E-state index contributed by atoms with van der Waals surface area (Å²) in [5.41, 5.74) is 1.28. The molecule has 0 bridgehead atoms. The van der Waals surface area contributed by atoms with Crippen LogP contribution >= 0.6 is 11.6 Å². The minimum Gasteiger partial charge on any atom is -0.350 e. The summed E-state index contributed by atoms with van der Waals surface area (Å²) in [4.78, 5) is 16.4. The van der Waals surface area contributed by atoms with E-state index in [9.17, 15) is 4.79 Å². The highest BCUT2D eigenvalue weighted by Gasteiger charge is 2.10. The number of hydrogen-bond donors (Lipinski definition) is 2. The third-order valence-electron chi connectivity index (χ3n) is 2.79. The van der Waals surface area contributed by atoms with Gasteiger partial charge in [0, 0.05) is 15.9 Å². The van der Waals surface area contributed by atoms with E-state index in [4.69, 9.17) is 11.6 Å². The number of aryl methyl sites for hydroxylation is 1. The summed E-state index contributed by atoms with van der Waals surface area (Å²) >= 11 is 5.90. The van der Waals surface area contributed by atoms with Gasteiger partial charge in [-0.15, -0.1) is 10.2 Å². The number of aromatic amines is 1. The molecule has 3 aromatic rings. The molecule has 0 saturated heterocycles. The summed E-state index contributed by atoms with van der Waals surface area (Å²) in [7, 11) is 1.67. The quantitative estimate of drug-likeness (QED) is 0.760. The van der Waals surface area contributed by atoms with Crippen molar-refractivity contribution in [1.82, 2.24) is 30.5 Å². The van der Waals surface area contributed by atoms with Gasteiger partial charge in [-0.2, -0.15) is 4.80 Å². The van der Waals surface area contributed by atoms with Crippen LogP contribution in [0, 0.1) is 0 Å². The average molecular weight is 291 g/mol. The summed E-state index contributed by atoms with van der Waals surface area (Å²) in [6.45, 7) is 0.225. The number of carbonyl (C=O) groups excluding carboxylic acids is 1. The van der Waals surface area contributed by atoms with Crippen molar-refractivity contribution >= 4 is 28.4 Å². The van der Waals surface area contributed by atoms with Crippen LogP contribution in [0.3, 0.4) is 0 Å². The molecular weight excluding hydrogens is 280 g/mol. The maximum atomic E-state index is 12.0. The van der Waals surface area contributed by atoms with Gasteiger partial charge in [-0.25, -0.2) is 0 Å². The van der Waals surface area contributed by atoms with Crippen molar-refractivity contribution in [3.8, 4) is 0 Å². The molecule has 2 aromatic heterocycles. The number of rotatable bonds is 3. The lowest BCUT2D eigenvalue weighted by molar-refractivity contribution is 0.0945. The number of amides is 1. The van der Waals surface area contributed by atoms with Crippen LogP contribution < -0.4 is 5.32 Å². The normalized spacial score (nSPS) is 10.9. The van der Waals surface area contributed by atoms with Crippen LogP contribution in [0.25, 0.3) is 10.9 Å². The summed E-state index contributed by atoms with van der Waals surface area (Å²) in [5.74, 6) is 0.227. The summed E-state index contributed by atoms with van der Waals surface area (Å²) in [6.07, 6.45) is 0. The second-order valence-corrected chi connectivity index (χ2v) is 4.73. The summed E-state index contributed by atoms with van der Waals surface area (Å²) < 4.78 is 0. The molecular formula is C12H11ClN6O. The van der Waals surface area contributed by atoms with E-state index in [-0.39, 0.29) is 12.5 Å². The molecule has 0 aliphatic carbocycles. The third kappa shape index (κ3) is 2.48. The molecule has 8 heteroatoms. The van der Waals surface area contributed by atoms with E-state index >= 15 is 0 Å². The van der Waals surface area contributed by atoms with Gasteiger partial charge in [-0.3, -0.25) is 4.79 Å². The molecule has 1 aromatic carbocycles. The standard InChI is InChI=1S/C12H11ClN6O/c1-19-17-11(16-18-19)6-14-12(20)10-4-7-2-3-8(13)5-9(7)15-10/h2-5,15H,6H2,1H3,(H,14,20). The van der Waals surface area contributed by atoms with Gasteiger partial charge in [0.1, 0.15) is 5.69 Å². The van der Waals surface area contributed by atoms with E-state index in [0.717, 1.165) is 10.9 Å². The van der Waals surface area contributed by atoms with Crippen LogP contribution in [0.4, 0.5) is 0 Å². The number of aromatic nitrogens is 5. The van der Waals surface area contributed by atoms with Gasteiger partial charge in [-0.1, -0.05) is 17.7 Å². The first-order valence-corrected chi connectivity index (χ1v) is 6.29. The number of hydrogen-bond acceptors (Lipinski definition) is 4. The number of fused-ring (bicyclic) bond motifs is 1. The first-order chi connectivity index (χ1) is 9.61. The van der Waals surface area contributed by atoms with Gasteiger partial charge in [0.05, 0.1) is 13.6 Å². The first-order valence-electron chi connectivity index (χ1n) is 5.91. The smallest absolute Gasteiger partial charge is 0.268 e. The first kappa shape index (κ1) is 12.6. The lowest BCUT2D eigenvalue weighted by Gasteiger charge is -1.99. The number of benzene rings is 1. The molecule has 0 fully saturated rings. The molecule has 0 spiro atoms. The van der Waals surface area contributed by atoms with Crippen LogP contribution in [0.1, 0.15) is 16.3 Å². The van der Waals surface area contributed by atoms with Gasteiger partial charge >= 0.3 is 0 Å². The Bertz CT molecular complexity index is 777. The number of carbonyl (C=O) groups is 1. The van der Waals surface area contributed by atoms with Crippen LogP contribution in [0.15, 0.2) is 24.3 Å².